The van der Waals surface area contributed by atoms with Crippen LogP contribution in [-0.4, -0.2) is 17.5 Å². The van der Waals surface area contributed by atoms with Crippen LogP contribution in [0.4, 0.5) is 5.69 Å². The van der Waals surface area contributed by atoms with Crippen LogP contribution in [0.1, 0.15) is 0 Å². The number of rotatable bonds is 4. The van der Waals surface area contributed by atoms with Gasteiger partial charge in [-0.3, -0.25) is 9.78 Å². The van der Waals surface area contributed by atoms with E-state index < -0.39 is 5.76 Å². The van der Waals surface area contributed by atoms with Crippen molar-refractivity contribution in [3.05, 3.63) is 58.0 Å². The Bertz CT molecular complexity index is 867. The number of aromatic amines is 1. The molecule has 3 aromatic rings. The molecular weight excluding hydrogens is 308 g/mol. The maximum atomic E-state index is 11.8. The number of carbonyl (C=O) groups is 1. The Labute approximate surface area is 129 Å². The number of nitrogens with one attached hydrogen (secondary N) is 2. The number of H-pyrrole nitrogens is 1. The lowest BCUT2D eigenvalue weighted by Gasteiger charge is -2.07. The Kier molecular flexibility index (Phi) is 3.84. The van der Waals surface area contributed by atoms with Gasteiger partial charge >= 0.3 is 5.76 Å². The Morgan fingerprint density at radius 2 is 2.00 bits per heavy atom. The predicted molar refractivity (Wildman–Crippen MR) is 82.4 cm³/mol. The molecule has 6 nitrogen and oxygen atoms in total. The van der Waals surface area contributed by atoms with Gasteiger partial charge in [0.2, 0.25) is 0 Å². The molecule has 0 radical (unpaired) electrons. The maximum Gasteiger partial charge on any atom is 0.417 e. The molecule has 0 aliphatic carbocycles. The molecule has 0 saturated carbocycles. The van der Waals surface area contributed by atoms with Gasteiger partial charge in [-0.15, -0.1) is 0 Å². The molecule has 0 aliphatic heterocycles. The van der Waals surface area contributed by atoms with Crippen LogP contribution in [0.2, 0.25) is 5.02 Å². The zero-order valence-corrected chi connectivity index (χ0v) is 12.0. The van der Waals surface area contributed by atoms with Crippen molar-refractivity contribution in [2.24, 2.45) is 0 Å². The average molecular weight is 319 g/mol. The zero-order chi connectivity index (χ0) is 15.5. The van der Waals surface area contributed by atoms with Crippen LogP contribution in [0.3, 0.4) is 0 Å². The first-order valence-corrected chi connectivity index (χ1v) is 6.79. The number of anilines is 1. The first kappa shape index (κ1) is 14.2. The number of hydrogen-bond acceptors (Lipinski definition) is 4. The molecule has 1 aromatic heterocycles. The van der Waals surface area contributed by atoms with Crippen LogP contribution in [-0.2, 0) is 4.79 Å². The highest BCUT2D eigenvalue weighted by Gasteiger charge is 2.06. The molecule has 112 valence electrons. The number of aromatic nitrogens is 1. The molecule has 0 bridgehead atoms. The van der Waals surface area contributed by atoms with Gasteiger partial charge in [-0.25, -0.2) is 4.79 Å². The largest absolute Gasteiger partial charge is 0.484 e. The van der Waals surface area contributed by atoms with Crippen LogP contribution >= 0.6 is 11.6 Å². The lowest BCUT2D eigenvalue weighted by molar-refractivity contribution is -0.118. The monoisotopic (exact) mass is 318 g/mol. The van der Waals surface area contributed by atoms with E-state index >= 15 is 0 Å². The Morgan fingerprint density at radius 1 is 1.23 bits per heavy atom. The summed E-state index contributed by atoms with van der Waals surface area (Å²) in [5, 5.41) is 3.27. The molecule has 7 heteroatoms. The average Bonchev–Trinajstić information content (AvgIpc) is 2.86. The molecule has 22 heavy (non-hydrogen) atoms. The van der Waals surface area contributed by atoms with Crippen molar-refractivity contribution in [1.82, 2.24) is 4.98 Å². The quantitative estimate of drug-likeness (QED) is 0.774. The van der Waals surface area contributed by atoms with Crippen molar-refractivity contribution in [3.8, 4) is 5.75 Å². The van der Waals surface area contributed by atoms with E-state index in [1.807, 2.05) is 0 Å². The topological polar surface area (TPSA) is 84.3 Å². The third-order valence-electron chi connectivity index (χ3n) is 2.89. The number of amides is 1. The van der Waals surface area contributed by atoms with E-state index in [0.29, 0.717) is 27.6 Å². The fourth-order valence-corrected chi connectivity index (χ4v) is 2.03. The normalized spacial score (nSPS) is 10.6. The van der Waals surface area contributed by atoms with E-state index in [1.54, 1.807) is 42.5 Å². The molecule has 0 unspecified atom stereocenters. The molecule has 1 amide bonds. The van der Waals surface area contributed by atoms with Crippen molar-refractivity contribution in [2.75, 3.05) is 11.9 Å². The molecular formula is C15H11ClN2O4. The molecule has 2 N–H and O–H groups in total. The molecule has 3 rings (SSSR count). The molecule has 0 aliphatic rings. The second kappa shape index (κ2) is 5.95. The lowest BCUT2D eigenvalue weighted by atomic mass is 10.3. The van der Waals surface area contributed by atoms with Crippen molar-refractivity contribution >= 4 is 34.3 Å². The van der Waals surface area contributed by atoms with E-state index in [1.165, 1.54) is 0 Å². The summed E-state index contributed by atoms with van der Waals surface area (Å²) in [5.74, 6) is -0.307. The van der Waals surface area contributed by atoms with Gasteiger partial charge in [-0.1, -0.05) is 11.6 Å². The van der Waals surface area contributed by atoms with Crippen LogP contribution < -0.4 is 15.8 Å². The minimum atomic E-state index is -0.537. The minimum Gasteiger partial charge on any atom is -0.484 e. The number of benzene rings is 2. The van der Waals surface area contributed by atoms with Gasteiger partial charge in [0.05, 0.1) is 5.52 Å². The molecule has 0 spiro atoms. The highest BCUT2D eigenvalue weighted by molar-refractivity contribution is 6.30. The summed E-state index contributed by atoms with van der Waals surface area (Å²) in [6.45, 7) is -0.137. The van der Waals surface area contributed by atoms with Crippen molar-refractivity contribution in [1.29, 1.82) is 0 Å². The summed E-state index contributed by atoms with van der Waals surface area (Å²) in [6, 6.07) is 11.6. The van der Waals surface area contributed by atoms with Crippen molar-refractivity contribution < 1.29 is 13.9 Å². The van der Waals surface area contributed by atoms with Gasteiger partial charge in [0.15, 0.2) is 12.2 Å². The van der Waals surface area contributed by atoms with Crippen LogP contribution in [0.15, 0.2) is 51.7 Å². The second-order valence-electron chi connectivity index (χ2n) is 4.52. The smallest absolute Gasteiger partial charge is 0.417 e. The highest BCUT2D eigenvalue weighted by Crippen LogP contribution is 2.17. The lowest BCUT2D eigenvalue weighted by Crippen LogP contribution is -2.20. The van der Waals surface area contributed by atoms with Gasteiger partial charge in [-0.2, -0.15) is 0 Å². The van der Waals surface area contributed by atoms with E-state index in [9.17, 15) is 9.59 Å². The highest BCUT2D eigenvalue weighted by atomic mass is 35.5. The van der Waals surface area contributed by atoms with Gasteiger partial charge < -0.3 is 14.5 Å². The molecule has 0 atom stereocenters. The summed E-state index contributed by atoms with van der Waals surface area (Å²) < 4.78 is 10.2. The van der Waals surface area contributed by atoms with Crippen LogP contribution in [0, 0.1) is 0 Å². The van der Waals surface area contributed by atoms with Crippen LogP contribution in [0.25, 0.3) is 11.1 Å². The third-order valence-corrected chi connectivity index (χ3v) is 3.14. The maximum absolute atomic E-state index is 11.8. The zero-order valence-electron chi connectivity index (χ0n) is 11.3. The van der Waals surface area contributed by atoms with E-state index in [0.717, 1.165) is 0 Å². The van der Waals surface area contributed by atoms with Gasteiger partial charge in [0.25, 0.3) is 5.91 Å². The Morgan fingerprint density at radius 3 is 2.77 bits per heavy atom. The molecule has 0 saturated heterocycles. The summed E-state index contributed by atoms with van der Waals surface area (Å²) in [5.41, 5.74) is 1.48. The Hall–Kier alpha value is -2.73. The fraction of sp³-hybridized carbons (Fsp3) is 0.0667. The first-order chi connectivity index (χ1) is 10.6. The number of halogens is 1. The van der Waals surface area contributed by atoms with Gasteiger partial charge in [0.1, 0.15) is 5.75 Å². The third kappa shape index (κ3) is 3.29. The number of carbonyl (C=O) groups excluding carboxylic acids is 1. The molecule has 1 heterocycles. The van der Waals surface area contributed by atoms with Crippen molar-refractivity contribution in [3.63, 3.8) is 0 Å². The Balaban J connectivity index is 1.62. The van der Waals surface area contributed by atoms with E-state index in [-0.39, 0.29) is 12.5 Å². The SMILES string of the molecule is O=C(COc1ccc(Cl)cc1)Nc1ccc2oc(=O)[nH]c2c1. The number of fused-ring (bicyclic) bond motifs is 1. The first-order valence-electron chi connectivity index (χ1n) is 6.41. The molecule has 2 aromatic carbocycles. The minimum absolute atomic E-state index is 0.137. The number of ether oxygens (including phenoxy) is 1. The van der Waals surface area contributed by atoms with E-state index in [2.05, 4.69) is 10.3 Å². The van der Waals surface area contributed by atoms with Crippen LogP contribution in [0.5, 0.6) is 5.75 Å². The standard InChI is InChI=1S/C15H11ClN2O4/c16-9-1-4-11(5-2-9)21-8-14(19)17-10-3-6-13-12(7-10)18-15(20)22-13/h1-7H,8H2,(H,17,19)(H,18,20). The molecule has 0 fully saturated rings. The van der Waals surface area contributed by atoms with Gasteiger partial charge in [0, 0.05) is 10.7 Å². The van der Waals surface area contributed by atoms with E-state index in [4.69, 9.17) is 20.8 Å². The number of oxazole rings is 1. The predicted octanol–water partition coefficient (Wildman–Crippen LogP) is 2.79. The van der Waals surface area contributed by atoms with Gasteiger partial charge in [-0.05, 0) is 42.5 Å². The summed E-state index contributed by atoms with van der Waals surface area (Å²) in [4.78, 5) is 25.4. The summed E-state index contributed by atoms with van der Waals surface area (Å²) in [7, 11) is 0. The summed E-state index contributed by atoms with van der Waals surface area (Å²) in [6.07, 6.45) is 0. The summed E-state index contributed by atoms with van der Waals surface area (Å²) >= 11 is 5.76. The fourth-order valence-electron chi connectivity index (χ4n) is 1.91. The van der Waals surface area contributed by atoms with Crippen molar-refractivity contribution in [2.45, 2.75) is 0 Å². The number of hydrogen-bond donors (Lipinski definition) is 2. The second-order valence-corrected chi connectivity index (χ2v) is 4.95.